The van der Waals surface area contributed by atoms with Gasteiger partial charge in [0.25, 0.3) is 5.91 Å². The van der Waals surface area contributed by atoms with Crippen LogP contribution in [-0.4, -0.2) is 24.7 Å². The number of amides is 1. The van der Waals surface area contributed by atoms with Crippen molar-refractivity contribution in [2.45, 2.75) is 31.9 Å². The second-order valence-electron chi connectivity index (χ2n) is 4.55. The van der Waals surface area contributed by atoms with Gasteiger partial charge in [-0.15, -0.1) is 0 Å². The van der Waals surface area contributed by atoms with Gasteiger partial charge in [0.05, 0.1) is 17.8 Å². The van der Waals surface area contributed by atoms with E-state index in [4.69, 9.17) is 10.5 Å². The average molecular weight is 252 g/mol. The third kappa shape index (κ3) is 2.79. The largest absolute Gasteiger partial charge is 0.396 e. The van der Waals surface area contributed by atoms with Crippen LogP contribution in [0.25, 0.3) is 0 Å². The summed E-state index contributed by atoms with van der Waals surface area (Å²) in [7, 11) is 0. The lowest BCUT2D eigenvalue weighted by molar-refractivity contribution is 0.0712. The van der Waals surface area contributed by atoms with Gasteiger partial charge in [-0.1, -0.05) is 0 Å². The molecule has 1 aromatic rings. The van der Waals surface area contributed by atoms with Crippen LogP contribution >= 0.6 is 0 Å². The third-order valence-corrected chi connectivity index (χ3v) is 3.14. The van der Waals surface area contributed by atoms with Crippen molar-refractivity contribution in [2.75, 3.05) is 12.3 Å². The van der Waals surface area contributed by atoms with E-state index >= 15 is 0 Å². The average Bonchev–Trinajstić information content (AvgIpc) is 2.86. The molecule has 1 amide bonds. The van der Waals surface area contributed by atoms with Crippen LogP contribution in [0.4, 0.5) is 10.1 Å². The fourth-order valence-corrected chi connectivity index (χ4v) is 2.05. The molecule has 0 radical (unpaired) electrons. The molecular formula is C13H17FN2O2. The van der Waals surface area contributed by atoms with Gasteiger partial charge >= 0.3 is 0 Å². The second-order valence-corrected chi connectivity index (χ2v) is 4.55. The Kier molecular flexibility index (Phi) is 3.81. The maximum atomic E-state index is 13.2. The highest BCUT2D eigenvalue weighted by molar-refractivity contribution is 5.94. The monoisotopic (exact) mass is 252 g/mol. The predicted octanol–water partition coefficient (Wildman–Crippen LogP) is 1.71. The van der Waals surface area contributed by atoms with Crippen molar-refractivity contribution >= 4 is 11.6 Å². The number of hydrogen-bond donors (Lipinski definition) is 2. The highest BCUT2D eigenvalue weighted by Gasteiger charge is 2.24. The van der Waals surface area contributed by atoms with Crippen molar-refractivity contribution in [1.29, 1.82) is 0 Å². The summed E-state index contributed by atoms with van der Waals surface area (Å²) in [6, 6.07) is 3.96. The first-order valence-corrected chi connectivity index (χ1v) is 6.05. The van der Waals surface area contributed by atoms with Gasteiger partial charge in [-0.05, 0) is 38.0 Å². The first kappa shape index (κ1) is 12.8. The molecule has 5 heteroatoms. The fraction of sp³-hybridized carbons (Fsp3) is 0.462. The smallest absolute Gasteiger partial charge is 0.251 e. The molecule has 2 unspecified atom stereocenters. The number of nitrogen functional groups attached to an aromatic ring is 1. The molecular weight excluding hydrogens is 235 g/mol. The maximum absolute atomic E-state index is 13.2. The van der Waals surface area contributed by atoms with Crippen LogP contribution in [-0.2, 0) is 4.74 Å². The molecule has 0 bridgehead atoms. The molecule has 1 aromatic carbocycles. The Hall–Kier alpha value is -1.62. The Morgan fingerprint density at radius 1 is 1.61 bits per heavy atom. The van der Waals surface area contributed by atoms with Crippen LogP contribution in [0.3, 0.4) is 0 Å². The van der Waals surface area contributed by atoms with Gasteiger partial charge in [-0.2, -0.15) is 0 Å². The minimum Gasteiger partial charge on any atom is -0.396 e. The lowest BCUT2D eigenvalue weighted by Crippen LogP contribution is -2.40. The summed E-state index contributed by atoms with van der Waals surface area (Å²) in [5.74, 6) is -0.885. The minimum atomic E-state index is -0.576. The van der Waals surface area contributed by atoms with E-state index < -0.39 is 5.82 Å². The van der Waals surface area contributed by atoms with Crippen molar-refractivity contribution in [2.24, 2.45) is 0 Å². The molecule has 2 atom stereocenters. The topological polar surface area (TPSA) is 64.4 Å². The van der Waals surface area contributed by atoms with Crippen molar-refractivity contribution in [3.05, 3.63) is 29.6 Å². The molecule has 2 rings (SSSR count). The van der Waals surface area contributed by atoms with Gasteiger partial charge in [0.2, 0.25) is 0 Å². The van der Waals surface area contributed by atoms with Crippen molar-refractivity contribution < 1.29 is 13.9 Å². The molecule has 0 aromatic heterocycles. The van der Waals surface area contributed by atoms with Crippen LogP contribution in [0, 0.1) is 5.82 Å². The minimum absolute atomic E-state index is 0.0405. The number of rotatable bonds is 3. The molecule has 0 spiro atoms. The number of ether oxygens (including phenoxy) is 1. The zero-order chi connectivity index (χ0) is 13.1. The Morgan fingerprint density at radius 3 is 3.00 bits per heavy atom. The van der Waals surface area contributed by atoms with Gasteiger partial charge < -0.3 is 15.8 Å². The zero-order valence-electron chi connectivity index (χ0n) is 10.3. The number of benzene rings is 1. The van der Waals surface area contributed by atoms with Crippen LogP contribution in [0.2, 0.25) is 0 Å². The van der Waals surface area contributed by atoms with Crippen LogP contribution in [0.5, 0.6) is 0 Å². The van der Waals surface area contributed by atoms with Gasteiger partial charge in [0.1, 0.15) is 5.82 Å². The highest BCUT2D eigenvalue weighted by Crippen LogP contribution is 2.16. The molecule has 18 heavy (non-hydrogen) atoms. The molecule has 1 fully saturated rings. The number of anilines is 1. The number of carbonyl (C=O) groups is 1. The Balaban J connectivity index is 2.00. The van der Waals surface area contributed by atoms with Gasteiger partial charge in [-0.25, -0.2) is 4.39 Å². The van der Waals surface area contributed by atoms with E-state index in [2.05, 4.69) is 5.32 Å². The normalized spacial score (nSPS) is 20.7. The Labute approximate surface area is 105 Å². The summed E-state index contributed by atoms with van der Waals surface area (Å²) in [6.45, 7) is 2.63. The molecule has 3 N–H and O–H groups in total. The number of nitrogens with one attached hydrogen (secondary N) is 1. The van der Waals surface area contributed by atoms with Crippen molar-refractivity contribution in [3.63, 3.8) is 0 Å². The van der Waals surface area contributed by atoms with Crippen molar-refractivity contribution in [3.8, 4) is 0 Å². The van der Waals surface area contributed by atoms with E-state index in [1.54, 1.807) is 0 Å². The van der Waals surface area contributed by atoms with E-state index in [1.165, 1.54) is 12.1 Å². The van der Waals surface area contributed by atoms with Crippen LogP contribution in [0.1, 0.15) is 30.1 Å². The number of halogens is 1. The van der Waals surface area contributed by atoms with Gasteiger partial charge in [0, 0.05) is 12.2 Å². The molecule has 1 saturated heterocycles. The number of hydrogen-bond acceptors (Lipinski definition) is 3. The third-order valence-electron chi connectivity index (χ3n) is 3.14. The van der Waals surface area contributed by atoms with E-state index in [9.17, 15) is 9.18 Å². The summed E-state index contributed by atoms with van der Waals surface area (Å²) in [5, 5.41) is 2.81. The molecule has 1 heterocycles. The molecule has 1 aliphatic heterocycles. The molecule has 0 saturated carbocycles. The molecule has 1 aliphatic rings. The lowest BCUT2D eigenvalue weighted by atomic mass is 10.1. The SMILES string of the molecule is CC(NC(=O)c1ccc(N)c(F)c1)C1CCCO1. The summed E-state index contributed by atoms with van der Waals surface area (Å²) >= 11 is 0. The molecule has 0 aliphatic carbocycles. The predicted molar refractivity (Wildman–Crippen MR) is 66.7 cm³/mol. The number of nitrogens with two attached hydrogens (primary N) is 1. The molecule has 98 valence electrons. The van der Waals surface area contributed by atoms with E-state index in [1.807, 2.05) is 6.92 Å². The van der Waals surface area contributed by atoms with Gasteiger partial charge in [0.15, 0.2) is 0 Å². The van der Waals surface area contributed by atoms with Crippen molar-refractivity contribution in [1.82, 2.24) is 5.32 Å². The number of carbonyl (C=O) groups excluding carboxylic acids is 1. The Morgan fingerprint density at radius 2 is 2.39 bits per heavy atom. The summed E-state index contributed by atoms with van der Waals surface area (Å²) < 4.78 is 18.7. The first-order valence-electron chi connectivity index (χ1n) is 6.05. The fourth-order valence-electron chi connectivity index (χ4n) is 2.05. The van der Waals surface area contributed by atoms with E-state index in [-0.39, 0.29) is 29.3 Å². The van der Waals surface area contributed by atoms with Gasteiger partial charge in [-0.3, -0.25) is 4.79 Å². The van der Waals surface area contributed by atoms with E-state index in [0.717, 1.165) is 25.5 Å². The van der Waals surface area contributed by atoms with Crippen LogP contribution < -0.4 is 11.1 Å². The quantitative estimate of drug-likeness (QED) is 0.805. The highest BCUT2D eigenvalue weighted by atomic mass is 19.1. The van der Waals surface area contributed by atoms with Crippen LogP contribution in [0.15, 0.2) is 18.2 Å². The van der Waals surface area contributed by atoms with E-state index in [0.29, 0.717) is 0 Å². The molecule has 4 nitrogen and oxygen atoms in total. The lowest BCUT2D eigenvalue weighted by Gasteiger charge is -2.20. The standard InChI is InChI=1S/C13H17FN2O2/c1-8(12-3-2-6-18-12)16-13(17)9-4-5-11(15)10(14)7-9/h4-5,7-8,12H,2-3,6,15H2,1H3,(H,16,17). The second kappa shape index (κ2) is 5.35. The Bertz CT molecular complexity index is 445. The summed E-state index contributed by atoms with van der Waals surface area (Å²) in [4.78, 5) is 11.9. The summed E-state index contributed by atoms with van der Waals surface area (Å²) in [5.41, 5.74) is 5.67. The maximum Gasteiger partial charge on any atom is 0.251 e. The zero-order valence-corrected chi connectivity index (χ0v) is 10.3. The first-order chi connectivity index (χ1) is 8.58. The summed E-state index contributed by atoms with van der Waals surface area (Å²) in [6.07, 6.45) is 2.01.